The van der Waals surface area contributed by atoms with Gasteiger partial charge in [0, 0.05) is 7.05 Å². The molecule has 10 nitrogen and oxygen atoms in total. The minimum atomic E-state index is -0.553. The van der Waals surface area contributed by atoms with Crippen LogP contribution >= 0.6 is 0 Å². The van der Waals surface area contributed by atoms with Crippen LogP contribution < -0.4 is 11.1 Å². The molecule has 0 radical (unpaired) electrons. The second kappa shape index (κ2) is 4.84. The van der Waals surface area contributed by atoms with Crippen molar-refractivity contribution in [3.05, 3.63) is 28.0 Å². The van der Waals surface area contributed by atoms with Gasteiger partial charge in [-0.3, -0.25) is 14.8 Å². The van der Waals surface area contributed by atoms with Gasteiger partial charge in [-0.25, -0.2) is 9.97 Å². The molecule has 3 N–H and O–H groups in total. The lowest BCUT2D eigenvalue weighted by Crippen LogP contribution is -2.10. The van der Waals surface area contributed by atoms with E-state index in [1.54, 1.807) is 7.05 Å². The number of nitrogens with two attached hydrogens (primary N) is 1. The van der Waals surface area contributed by atoms with E-state index in [9.17, 15) is 10.1 Å². The predicted molar refractivity (Wildman–Crippen MR) is 66.2 cm³/mol. The third kappa shape index (κ3) is 2.73. The molecule has 0 unspecified atom stereocenters. The Morgan fingerprint density at radius 1 is 1.53 bits per heavy atom. The van der Waals surface area contributed by atoms with Crippen molar-refractivity contribution in [1.82, 2.24) is 24.7 Å². The van der Waals surface area contributed by atoms with Gasteiger partial charge in [-0.2, -0.15) is 10.1 Å². The molecule has 0 spiro atoms. The Morgan fingerprint density at radius 3 is 2.84 bits per heavy atom. The fourth-order valence-corrected chi connectivity index (χ4v) is 1.56. The van der Waals surface area contributed by atoms with Gasteiger partial charge in [0.15, 0.2) is 5.82 Å². The molecule has 0 amide bonds. The van der Waals surface area contributed by atoms with Gasteiger partial charge in [0.25, 0.3) is 0 Å². The van der Waals surface area contributed by atoms with E-state index in [1.165, 1.54) is 17.9 Å². The smallest absolute Gasteiger partial charge is 0.332 e. The molecule has 0 atom stereocenters. The largest absolute Gasteiger partial charge is 0.368 e. The quantitative estimate of drug-likeness (QED) is 0.582. The Bertz CT molecular complexity index is 623. The number of nitro groups is 1. The first-order valence-electron chi connectivity index (χ1n) is 5.34. The summed E-state index contributed by atoms with van der Waals surface area (Å²) in [5.74, 6) is 0.522. The van der Waals surface area contributed by atoms with Crippen molar-refractivity contribution >= 4 is 17.5 Å². The van der Waals surface area contributed by atoms with Crippen LogP contribution in [0.25, 0.3) is 0 Å². The Balaban J connectivity index is 2.26. The van der Waals surface area contributed by atoms with Crippen LogP contribution in [-0.4, -0.2) is 29.7 Å². The highest BCUT2D eigenvalue weighted by Gasteiger charge is 2.21. The monoisotopic (exact) mass is 264 g/mol. The first-order chi connectivity index (χ1) is 8.97. The lowest BCUT2D eigenvalue weighted by molar-refractivity contribution is -0.385. The van der Waals surface area contributed by atoms with Crippen molar-refractivity contribution < 1.29 is 4.92 Å². The van der Waals surface area contributed by atoms with E-state index in [-0.39, 0.29) is 29.7 Å². The number of hydrogen-bond donors (Lipinski definition) is 2. The number of nitrogens with zero attached hydrogens (tertiary/aromatic N) is 6. The van der Waals surface area contributed by atoms with Crippen molar-refractivity contribution in [3.63, 3.8) is 0 Å². The van der Waals surface area contributed by atoms with Crippen molar-refractivity contribution in [2.24, 2.45) is 7.05 Å². The molecule has 19 heavy (non-hydrogen) atoms. The minimum absolute atomic E-state index is 0.0282. The van der Waals surface area contributed by atoms with Crippen LogP contribution in [0.4, 0.5) is 17.5 Å². The standard InChI is InChI=1S/C9H12N8O2/c1-5-7(17(18)19)8(14-9(10)13-5)11-3-6-12-4-16(2)15-6/h4H,3H2,1-2H3,(H3,10,11,13,14). The normalized spacial score (nSPS) is 10.4. The number of rotatable bonds is 4. The Kier molecular flexibility index (Phi) is 3.23. The van der Waals surface area contributed by atoms with E-state index in [1.807, 2.05) is 0 Å². The molecule has 0 bridgehead atoms. The summed E-state index contributed by atoms with van der Waals surface area (Å²) < 4.78 is 1.53. The summed E-state index contributed by atoms with van der Waals surface area (Å²) in [6.45, 7) is 1.71. The van der Waals surface area contributed by atoms with Crippen LogP contribution in [-0.2, 0) is 13.6 Å². The van der Waals surface area contributed by atoms with Gasteiger partial charge in [-0.15, -0.1) is 0 Å². The summed E-state index contributed by atoms with van der Waals surface area (Å²) in [6, 6.07) is 0. The minimum Gasteiger partial charge on any atom is -0.368 e. The van der Waals surface area contributed by atoms with E-state index < -0.39 is 4.92 Å². The maximum Gasteiger partial charge on any atom is 0.332 e. The van der Waals surface area contributed by atoms with Gasteiger partial charge in [0.1, 0.15) is 12.0 Å². The molecule has 0 saturated carbocycles. The van der Waals surface area contributed by atoms with Crippen LogP contribution in [0.1, 0.15) is 11.5 Å². The molecule has 10 heteroatoms. The molecule has 0 fully saturated rings. The summed E-state index contributed by atoms with van der Waals surface area (Å²) in [5.41, 5.74) is 5.48. The molecule has 0 aliphatic heterocycles. The molecule has 100 valence electrons. The van der Waals surface area contributed by atoms with Gasteiger partial charge in [0.2, 0.25) is 11.8 Å². The Morgan fingerprint density at radius 2 is 2.26 bits per heavy atom. The van der Waals surface area contributed by atoms with Crippen LogP contribution in [0.2, 0.25) is 0 Å². The topological polar surface area (TPSA) is 138 Å². The number of nitrogens with one attached hydrogen (secondary N) is 1. The van der Waals surface area contributed by atoms with E-state index in [0.29, 0.717) is 5.82 Å². The first-order valence-corrected chi connectivity index (χ1v) is 5.34. The predicted octanol–water partition coefficient (Wildman–Crippen LogP) is 0.0160. The zero-order valence-corrected chi connectivity index (χ0v) is 10.4. The fraction of sp³-hybridized carbons (Fsp3) is 0.333. The molecule has 0 saturated heterocycles. The summed E-state index contributed by atoms with van der Waals surface area (Å²) in [7, 11) is 1.73. The lowest BCUT2D eigenvalue weighted by Gasteiger charge is -2.06. The van der Waals surface area contributed by atoms with Crippen molar-refractivity contribution in [2.75, 3.05) is 11.1 Å². The van der Waals surface area contributed by atoms with Gasteiger partial charge in [-0.05, 0) is 6.92 Å². The van der Waals surface area contributed by atoms with Gasteiger partial charge >= 0.3 is 5.69 Å². The molecule has 2 aromatic heterocycles. The number of nitrogen functional groups attached to an aromatic ring is 1. The van der Waals surface area contributed by atoms with E-state index in [4.69, 9.17) is 5.73 Å². The van der Waals surface area contributed by atoms with Crippen LogP contribution in [0.3, 0.4) is 0 Å². The SMILES string of the molecule is Cc1nc(N)nc(NCc2ncn(C)n2)c1[N+](=O)[O-]. The van der Waals surface area contributed by atoms with Gasteiger partial charge < -0.3 is 11.1 Å². The average molecular weight is 264 g/mol. The van der Waals surface area contributed by atoms with E-state index in [2.05, 4.69) is 25.4 Å². The van der Waals surface area contributed by atoms with E-state index >= 15 is 0 Å². The second-order valence-corrected chi connectivity index (χ2v) is 3.81. The number of aryl methyl sites for hydroxylation is 2. The average Bonchev–Trinajstić information content (AvgIpc) is 2.71. The van der Waals surface area contributed by atoms with Crippen molar-refractivity contribution in [2.45, 2.75) is 13.5 Å². The number of aromatic nitrogens is 5. The highest BCUT2D eigenvalue weighted by molar-refractivity contribution is 5.60. The van der Waals surface area contributed by atoms with Crippen molar-refractivity contribution in [1.29, 1.82) is 0 Å². The fourth-order valence-electron chi connectivity index (χ4n) is 1.56. The summed E-state index contributed by atoms with van der Waals surface area (Å²) in [5, 5.41) is 17.8. The highest BCUT2D eigenvalue weighted by Crippen LogP contribution is 2.25. The number of anilines is 2. The lowest BCUT2D eigenvalue weighted by atomic mass is 10.3. The molecule has 2 aromatic rings. The molecule has 2 rings (SSSR count). The van der Waals surface area contributed by atoms with Crippen molar-refractivity contribution in [3.8, 4) is 0 Å². The summed E-state index contributed by atoms with van der Waals surface area (Å²) in [6.07, 6.45) is 1.53. The summed E-state index contributed by atoms with van der Waals surface area (Å²) >= 11 is 0. The zero-order chi connectivity index (χ0) is 14.0. The Labute approximate surface area is 107 Å². The van der Waals surface area contributed by atoms with Gasteiger partial charge in [0.05, 0.1) is 11.5 Å². The van der Waals surface area contributed by atoms with E-state index in [0.717, 1.165) is 0 Å². The second-order valence-electron chi connectivity index (χ2n) is 3.81. The molecular weight excluding hydrogens is 252 g/mol. The molecule has 0 aliphatic rings. The van der Waals surface area contributed by atoms with Gasteiger partial charge in [-0.1, -0.05) is 0 Å². The third-order valence-corrected chi connectivity index (χ3v) is 2.32. The van der Waals surface area contributed by atoms with Crippen LogP contribution in [0.5, 0.6) is 0 Å². The Hall–Kier alpha value is -2.78. The summed E-state index contributed by atoms with van der Waals surface area (Å²) in [4.78, 5) is 22.0. The molecular formula is C9H12N8O2. The number of hydrogen-bond acceptors (Lipinski definition) is 8. The molecule has 0 aromatic carbocycles. The van der Waals surface area contributed by atoms with Crippen LogP contribution in [0.15, 0.2) is 6.33 Å². The molecule has 0 aliphatic carbocycles. The molecule has 2 heterocycles. The maximum atomic E-state index is 11.0. The highest BCUT2D eigenvalue weighted by atomic mass is 16.6. The maximum absolute atomic E-state index is 11.0. The zero-order valence-electron chi connectivity index (χ0n) is 10.4. The third-order valence-electron chi connectivity index (χ3n) is 2.32. The van der Waals surface area contributed by atoms with Crippen LogP contribution in [0, 0.1) is 17.0 Å². The first kappa shape index (κ1) is 12.7.